The van der Waals surface area contributed by atoms with Crippen LogP contribution in [0.5, 0.6) is 0 Å². The Balaban J connectivity index is 2.34. The largest absolute Gasteiger partial charge is 0.464 e. The summed E-state index contributed by atoms with van der Waals surface area (Å²) >= 11 is 0. The standard InChI is InChI=1S/C13H16N2O3S/c1-9-4-3-5-11(6-9)15-19(16,17)13-7-12(8-14)18-10(13)2/h3-7,15H,8,14H2,1-2H3. The van der Waals surface area contributed by atoms with Crippen LogP contribution in [-0.2, 0) is 16.6 Å². The Labute approximate surface area is 112 Å². The smallest absolute Gasteiger partial charge is 0.265 e. The number of furan rings is 1. The van der Waals surface area contributed by atoms with E-state index in [1.165, 1.54) is 6.07 Å². The molecule has 0 saturated carbocycles. The molecule has 0 spiro atoms. The zero-order valence-corrected chi connectivity index (χ0v) is 11.6. The predicted octanol–water partition coefficient (Wildman–Crippen LogP) is 2.16. The molecule has 0 saturated heterocycles. The second kappa shape index (κ2) is 5.07. The Morgan fingerprint density at radius 2 is 2.00 bits per heavy atom. The lowest BCUT2D eigenvalue weighted by molar-refractivity contribution is 0.479. The molecule has 1 aromatic carbocycles. The summed E-state index contributed by atoms with van der Waals surface area (Å²) in [6.07, 6.45) is 0. The van der Waals surface area contributed by atoms with E-state index in [0.29, 0.717) is 17.2 Å². The van der Waals surface area contributed by atoms with Gasteiger partial charge in [-0.25, -0.2) is 8.42 Å². The fraction of sp³-hybridized carbons (Fsp3) is 0.231. The minimum Gasteiger partial charge on any atom is -0.464 e. The van der Waals surface area contributed by atoms with Gasteiger partial charge in [0, 0.05) is 11.8 Å². The maximum atomic E-state index is 12.3. The molecular formula is C13H16N2O3S. The number of nitrogens with two attached hydrogens (primary N) is 1. The zero-order valence-electron chi connectivity index (χ0n) is 10.8. The average molecular weight is 280 g/mol. The first-order valence-electron chi connectivity index (χ1n) is 5.81. The minimum atomic E-state index is -3.65. The van der Waals surface area contributed by atoms with Gasteiger partial charge >= 0.3 is 0 Å². The van der Waals surface area contributed by atoms with Crippen molar-refractivity contribution < 1.29 is 12.8 Å². The number of sulfonamides is 1. The highest BCUT2D eigenvalue weighted by molar-refractivity contribution is 7.92. The summed E-state index contributed by atoms with van der Waals surface area (Å²) < 4.78 is 32.3. The first kappa shape index (κ1) is 13.6. The molecule has 1 aromatic heterocycles. The van der Waals surface area contributed by atoms with Crippen LogP contribution in [-0.4, -0.2) is 8.42 Å². The summed E-state index contributed by atoms with van der Waals surface area (Å²) in [5, 5.41) is 0. The van der Waals surface area contributed by atoms with Gasteiger partial charge in [-0.05, 0) is 31.5 Å². The summed E-state index contributed by atoms with van der Waals surface area (Å²) in [5.41, 5.74) is 6.94. The number of hydrogen-bond acceptors (Lipinski definition) is 4. The van der Waals surface area contributed by atoms with Crippen LogP contribution in [0.1, 0.15) is 17.1 Å². The van der Waals surface area contributed by atoms with E-state index in [4.69, 9.17) is 10.2 Å². The van der Waals surface area contributed by atoms with Gasteiger partial charge in [-0.3, -0.25) is 4.72 Å². The molecule has 0 aliphatic heterocycles. The molecule has 2 aromatic rings. The van der Waals surface area contributed by atoms with E-state index in [2.05, 4.69) is 4.72 Å². The first-order chi connectivity index (χ1) is 8.92. The van der Waals surface area contributed by atoms with Crippen molar-refractivity contribution in [2.45, 2.75) is 25.3 Å². The normalized spacial score (nSPS) is 11.5. The van der Waals surface area contributed by atoms with Gasteiger partial charge in [0.05, 0.1) is 6.54 Å². The Kier molecular flexibility index (Phi) is 3.64. The highest BCUT2D eigenvalue weighted by Crippen LogP contribution is 2.23. The summed E-state index contributed by atoms with van der Waals surface area (Å²) in [6, 6.07) is 8.60. The summed E-state index contributed by atoms with van der Waals surface area (Å²) in [4.78, 5) is 0.120. The van der Waals surface area contributed by atoms with E-state index >= 15 is 0 Å². The van der Waals surface area contributed by atoms with E-state index in [1.807, 2.05) is 13.0 Å². The van der Waals surface area contributed by atoms with Crippen LogP contribution in [0.3, 0.4) is 0 Å². The lowest BCUT2D eigenvalue weighted by atomic mass is 10.2. The number of rotatable bonds is 4. The van der Waals surface area contributed by atoms with Crippen LogP contribution in [0.4, 0.5) is 5.69 Å². The van der Waals surface area contributed by atoms with Crippen molar-refractivity contribution in [3.8, 4) is 0 Å². The highest BCUT2D eigenvalue weighted by atomic mass is 32.2. The van der Waals surface area contributed by atoms with Gasteiger partial charge in [0.2, 0.25) is 0 Å². The van der Waals surface area contributed by atoms with Crippen molar-refractivity contribution in [3.05, 3.63) is 47.4 Å². The lowest BCUT2D eigenvalue weighted by Crippen LogP contribution is -2.13. The lowest BCUT2D eigenvalue weighted by Gasteiger charge is -2.07. The van der Waals surface area contributed by atoms with Gasteiger partial charge in [-0.15, -0.1) is 0 Å². The van der Waals surface area contributed by atoms with E-state index in [-0.39, 0.29) is 11.4 Å². The molecule has 0 atom stereocenters. The fourth-order valence-corrected chi connectivity index (χ4v) is 3.06. The molecule has 1 heterocycles. The molecule has 0 bridgehead atoms. The third kappa shape index (κ3) is 2.97. The van der Waals surface area contributed by atoms with E-state index < -0.39 is 10.0 Å². The molecule has 3 N–H and O–H groups in total. The second-order valence-electron chi connectivity index (χ2n) is 4.31. The molecule has 0 unspecified atom stereocenters. The van der Waals surface area contributed by atoms with Crippen molar-refractivity contribution in [2.24, 2.45) is 5.73 Å². The summed E-state index contributed by atoms with van der Waals surface area (Å²) in [6.45, 7) is 3.66. The zero-order chi connectivity index (χ0) is 14.0. The number of hydrogen-bond donors (Lipinski definition) is 2. The Bertz CT molecular complexity index is 690. The molecule has 2 rings (SSSR count). The summed E-state index contributed by atoms with van der Waals surface area (Å²) in [5.74, 6) is 0.780. The van der Waals surface area contributed by atoms with Gasteiger partial charge in [0.1, 0.15) is 16.4 Å². The van der Waals surface area contributed by atoms with Crippen molar-refractivity contribution in [2.75, 3.05) is 4.72 Å². The molecule has 0 amide bonds. The predicted molar refractivity (Wildman–Crippen MR) is 73.3 cm³/mol. The molecule has 0 aliphatic carbocycles. The van der Waals surface area contributed by atoms with Gasteiger partial charge < -0.3 is 10.2 Å². The van der Waals surface area contributed by atoms with Crippen molar-refractivity contribution in [1.29, 1.82) is 0 Å². The number of aryl methyl sites for hydroxylation is 2. The molecule has 0 radical (unpaired) electrons. The molecular weight excluding hydrogens is 264 g/mol. The SMILES string of the molecule is Cc1cccc(NS(=O)(=O)c2cc(CN)oc2C)c1. The Morgan fingerprint density at radius 3 is 2.58 bits per heavy atom. The van der Waals surface area contributed by atoms with Crippen LogP contribution in [0, 0.1) is 13.8 Å². The molecule has 6 heteroatoms. The van der Waals surface area contributed by atoms with Crippen LogP contribution >= 0.6 is 0 Å². The monoisotopic (exact) mass is 280 g/mol. The molecule has 0 fully saturated rings. The van der Waals surface area contributed by atoms with Gasteiger partial charge in [0.25, 0.3) is 10.0 Å². The minimum absolute atomic E-state index is 0.120. The second-order valence-corrected chi connectivity index (χ2v) is 5.96. The first-order valence-corrected chi connectivity index (χ1v) is 7.29. The third-order valence-corrected chi connectivity index (χ3v) is 4.17. The quantitative estimate of drug-likeness (QED) is 0.898. The van der Waals surface area contributed by atoms with Crippen LogP contribution in [0.25, 0.3) is 0 Å². The fourth-order valence-electron chi connectivity index (χ4n) is 1.81. The highest BCUT2D eigenvalue weighted by Gasteiger charge is 2.21. The topological polar surface area (TPSA) is 85.3 Å². The van der Waals surface area contributed by atoms with Gasteiger partial charge in [0.15, 0.2) is 0 Å². The van der Waals surface area contributed by atoms with Crippen LogP contribution < -0.4 is 10.5 Å². The molecule has 5 nitrogen and oxygen atoms in total. The molecule has 0 aliphatic rings. The van der Waals surface area contributed by atoms with Crippen molar-refractivity contribution in [3.63, 3.8) is 0 Å². The number of anilines is 1. The van der Waals surface area contributed by atoms with Crippen LogP contribution in [0.15, 0.2) is 39.6 Å². The molecule has 19 heavy (non-hydrogen) atoms. The van der Waals surface area contributed by atoms with Crippen molar-refractivity contribution >= 4 is 15.7 Å². The Morgan fingerprint density at radius 1 is 1.26 bits per heavy atom. The maximum Gasteiger partial charge on any atom is 0.265 e. The number of nitrogens with one attached hydrogen (secondary N) is 1. The average Bonchev–Trinajstić information content (AvgIpc) is 2.71. The van der Waals surface area contributed by atoms with Gasteiger partial charge in [-0.2, -0.15) is 0 Å². The van der Waals surface area contributed by atoms with Gasteiger partial charge in [-0.1, -0.05) is 12.1 Å². The van der Waals surface area contributed by atoms with E-state index in [1.54, 1.807) is 25.1 Å². The Hall–Kier alpha value is -1.79. The van der Waals surface area contributed by atoms with Crippen molar-refractivity contribution in [1.82, 2.24) is 0 Å². The van der Waals surface area contributed by atoms with E-state index in [9.17, 15) is 8.42 Å². The summed E-state index contributed by atoms with van der Waals surface area (Å²) in [7, 11) is -3.65. The maximum absolute atomic E-state index is 12.3. The van der Waals surface area contributed by atoms with E-state index in [0.717, 1.165) is 5.56 Å². The number of benzene rings is 1. The third-order valence-electron chi connectivity index (χ3n) is 2.68. The van der Waals surface area contributed by atoms with Crippen LogP contribution in [0.2, 0.25) is 0 Å². The molecule has 102 valence electrons.